The molecular weight excluding hydrogens is 250 g/mol. The van der Waals surface area contributed by atoms with Crippen molar-refractivity contribution in [3.8, 4) is 0 Å². The molecule has 0 unspecified atom stereocenters. The Hall–Kier alpha value is -1.32. The van der Waals surface area contributed by atoms with Crippen molar-refractivity contribution in [3.63, 3.8) is 0 Å². The Bertz CT molecular complexity index is 411. The Morgan fingerprint density at radius 2 is 2.11 bits per heavy atom. The molecule has 1 aromatic rings. The lowest BCUT2D eigenvalue weighted by Gasteiger charge is -2.22. The Kier molecular flexibility index (Phi) is 5.38. The monoisotopic (exact) mass is 267 g/mol. The van der Waals surface area contributed by atoms with Crippen molar-refractivity contribution in [2.24, 2.45) is 0 Å². The molecule has 2 rings (SSSR count). The zero-order valence-corrected chi connectivity index (χ0v) is 11.0. The van der Waals surface area contributed by atoms with Crippen LogP contribution in [0.1, 0.15) is 24.8 Å². The second-order valence-electron chi connectivity index (χ2n) is 4.43. The summed E-state index contributed by atoms with van der Waals surface area (Å²) < 4.78 is 0. The largest absolute Gasteiger partial charge is 0.480 e. The molecule has 1 aliphatic heterocycles. The van der Waals surface area contributed by atoms with Gasteiger partial charge in [-0.1, -0.05) is 42.5 Å². The highest BCUT2D eigenvalue weighted by molar-refractivity contribution is 5.85. The van der Waals surface area contributed by atoms with Gasteiger partial charge in [-0.2, -0.15) is 0 Å². The summed E-state index contributed by atoms with van der Waals surface area (Å²) in [7, 11) is 0. The standard InChI is InChI=1S/C14H17NO2.ClH/c16-13(17)14(10-5-11-15-14)9-4-8-12-6-2-1-3-7-12;/h1-4,6-8,15H,5,9-11H2,(H,16,17);1H/t14-;/m1./s1. The molecule has 18 heavy (non-hydrogen) atoms. The Morgan fingerprint density at radius 3 is 2.67 bits per heavy atom. The van der Waals surface area contributed by atoms with Crippen molar-refractivity contribution in [2.75, 3.05) is 6.54 Å². The smallest absolute Gasteiger partial charge is 0.324 e. The van der Waals surface area contributed by atoms with Gasteiger partial charge in [0, 0.05) is 0 Å². The third-order valence-corrected chi connectivity index (χ3v) is 3.23. The molecule has 1 saturated heterocycles. The van der Waals surface area contributed by atoms with E-state index in [2.05, 4.69) is 5.32 Å². The third kappa shape index (κ3) is 3.34. The quantitative estimate of drug-likeness (QED) is 0.882. The van der Waals surface area contributed by atoms with Crippen LogP contribution in [0, 0.1) is 0 Å². The first-order valence-corrected chi connectivity index (χ1v) is 5.93. The zero-order valence-electron chi connectivity index (χ0n) is 10.1. The lowest BCUT2D eigenvalue weighted by Crippen LogP contribution is -2.47. The molecular formula is C14H18ClNO2. The van der Waals surface area contributed by atoms with E-state index in [4.69, 9.17) is 0 Å². The highest BCUT2D eigenvalue weighted by Gasteiger charge is 2.39. The molecule has 98 valence electrons. The summed E-state index contributed by atoms with van der Waals surface area (Å²) in [4.78, 5) is 11.3. The Morgan fingerprint density at radius 1 is 1.39 bits per heavy atom. The molecule has 3 nitrogen and oxygen atoms in total. The lowest BCUT2D eigenvalue weighted by atomic mass is 9.93. The van der Waals surface area contributed by atoms with Gasteiger partial charge in [0.25, 0.3) is 0 Å². The highest BCUT2D eigenvalue weighted by atomic mass is 35.5. The Balaban J connectivity index is 0.00000162. The van der Waals surface area contributed by atoms with E-state index >= 15 is 0 Å². The summed E-state index contributed by atoms with van der Waals surface area (Å²) in [5, 5.41) is 12.4. The number of carboxylic acids is 1. The van der Waals surface area contributed by atoms with E-state index in [1.807, 2.05) is 42.5 Å². The molecule has 0 spiro atoms. The second-order valence-corrected chi connectivity index (χ2v) is 4.43. The normalized spacial score (nSPS) is 22.9. The van der Waals surface area contributed by atoms with Crippen LogP contribution in [-0.2, 0) is 4.79 Å². The van der Waals surface area contributed by atoms with Gasteiger partial charge in [0.1, 0.15) is 5.54 Å². The van der Waals surface area contributed by atoms with E-state index in [1.54, 1.807) is 0 Å². The van der Waals surface area contributed by atoms with Crippen LogP contribution >= 0.6 is 12.4 Å². The lowest BCUT2D eigenvalue weighted by molar-refractivity contribution is -0.144. The van der Waals surface area contributed by atoms with Gasteiger partial charge in [-0.3, -0.25) is 4.79 Å². The maximum absolute atomic E-state index is 11.3. The van der Waals surface area contributed by atoms with Crippen LogP contribution < -0.4 is 5.32 Å². The van der Waals surface area contributed by atoms with Crippen molar-refractivity contribution >= 4 is 24.5 Å². The average molecular weight is 268 g/mol. The average Bonchev–Trinajstić information content (AvgIpc) is 2.80. The van der Waals surface area contributed by atoms with E-state index in [0.29, 0.717) is 12.8 Å². The van der Waals surface area contributed by atoms with Crippen molar-refractivity contribution < 1.29 is 9.90 Å². The SMILES string of the molecule is Cl.O=C(O)[C@@]1(CC=Cc2ccccc2)CCCN1. The number of benzene rings is 1. The fourth-order valence-corrected chi connectivity index (χ4v) is 2.21. The van der Waals surface area contributed by atoms with E-state index in [9.17, 15) is 9.90 Å². The topological polar surface area (TPSA) is 49.3 Å². The van der Waals surface area contributed by atoms with Crippen LogP contribution in [-0.4, -0.2) is 23.2 Å². The van der Waals surface area contributed by atoms with Crippen molar-refractivity contribution in [1.82, 2.24) is 5.32 Å². The number of halogens is 1. The van der Waals surface area contributed by atoms with Gasteiger partial charge in [-0.25, -0.2) is 0 Å². The van der Waals surface area contributed by atoms with Crippen LogP contribution in [0.5, 0.6) is 0 Å². The van der Waals surface area contributed by atoms with Crippen molar-refractivity contribution in [1.29, 1.82) is 0 Å². The van der Waals surface area contributed by atoms with E-state index < -0.39 is 11.5 Å². The van der Waals surface area contributed by atoms with E-state index in [1.165, 1.54) is 0 Å². The number of hydrogen-bond acceptors (Lipinski definition) is 2. The molecule has 0 bridgehead atoms. The molecule has 0 radical (unpaired) electrons. The van der Waals surface area contributed by atoms with Crippen LogP contribution in [0.2, 0.25) is 0 Å². The van der Waals surface area contributed by atoms with Crippen LogP contribution in [0.25, 0.3) is 6.08 Å². The molecule has 0 aromatic heterocycles. The molecule has 1 aromatic carbocycles. The predicted molar refractivity (Wildman–Crippen MR) is 74.9 cm³/mol. The van der Waals surface area contributed by atoms with Gasteiger partial charge in [0.05, 0.1) is 0 Å². The first-order chi connectivity index (χ1) is 8.23. The van der Waals surface area contributed by atoms with Gasteiger partial charge >= 0.3 is 5.97 Å². The third-order valence-electron chi connectivity index (χ3n) is 3.23. The molecule has 4 heteroatoms. The number of carboxylic acid groups (broad SMARTS) is 1. The first-order valence-electron chi connectivity index (χ1n) is 5.93. The number of aliphatic carboxylic acids is 1. The van der Waals surface area contributed by atoms with E-state index in [-0.39, 0.29) is 12.4 Å². The molecule has 1 aliphatic rings. The number of carbonyl (C=O) groups is 1. The molecule has 1 atom stereocenters. The molecule has 1 heterocycles. The van der Waals surface area contributed by atoms with Crippen LogP contribution in [0.4, 0.5) is 0 Å². The fourth-order valence-electron chi connectivity index (χ4n) is 2.21. The minimum atomic E-state index is -0.745. The van der Waals surface area contributed by atoms with Crippen LogP contribution in [0.15, 0.2) is 36.4 Å². The summed E-state index contributed by atoms with van der Waals surface area (Å²) in [5.41, 5.74) is 0.358. The summed E-state index contributed by atoms with van der Waals surface area (Å²) in [5.74, 6) is -0.743. The fraction of sp³-hybridized carbons (Fsp3) is 0.357. The van der Waals surface area contributed by atoms with Gasteiger partial charge in [0.15, 0.2) is 0 Å². The summed E-state index contributed by atoms with van der Waals surface area (Å²) >= 11 is 0. The second kappa shape index (κ2) is 6.57. The molecule has 0 aliphatic carbocycles. The summed E-state index contributed by atoms with van der Waals surface area (Å²) in [6, 6.07) is 9.92. The van der Waals surface area contributed by atoms with Crippen LogP contribution in [0.3, 0.4) is 0 Å². The molecule has 0 amide bonds. The first kappa shape index (κ1) is 14.7. The van der Waals surface area contributed by atoms with Gasteiger partial charge < -0.3 is 10.4 Å². The van der Waals surface area contributed by atoms with Crippen molar-refractivity contribution in [2.45, 2.75) is 24.8 Å². The zero-order chi connectivity index (χ0) is 12.1. The summed E-state index contributed by atoms with van der Waals surface area (Å²) in [6.07, 6.45) is 6.11. The minimum Gasteiger partial charge on any atom is -0.480 e. The minimum absolute atomic E-state index is 0. The van der Waals surface area contributed by atoms with Gasteiger partial charge in [-0.15, -0.1) is 12.4 Å². The van der Waals surface area contributed by atoms with Crippen molar-refractivity contribution in [3.05, 3.63) is 42.0 Å². The molecule has 1 fully saturated rings. The van der Waals surface area contributed by atoms with Gasteiger partial charge in [-0.05, 0) is 31.4 Å². The maximum atomic E-state index is 11.3. The molecule has 0 saturated carbocycles. The maximum Gasteiger partial charge on any atom is 0.324 e. The molecule has 2 N–H and O–H groups in total. The Labute approximate surface area is 113 Å². The van der Waals surface area contributed by atoms with Gasteiger partial charge in [0.2, 0.25) is 0 Å². The summed E-state index contributed by atoms with van der Waals surface area (Å²) in [6.45, 7) is 0.797. The highest BCUT2D eigenvalue weighted by Crippen LogP contribution is 2.24. The number of nitrogens with one attached hydrogen (secondary N) is 1. The number of rotatable bonds is 4. The van der Waals surface area contributed by atoms with E-state index in [0.717, 1.165) is 18.5 Å². The number of hydrogen-bond donors (Lipinski definition) is 2. The predicted octanol–water partition coefficient (Wildman–Crippen LogP) is 2.72.